The first-order valence-electron chi connectivity index (χ1n) is 4.65. The van der Waals surface area contributed by atoms with Gasteiger partial charge in [0.1, 0.15) is 0 Å². The summed E-state index contributed by atoms with van der Waals surface area (Å²) in [5.41, 5.74) is 5.68. The van der Waals surface area contributed by atoms with E-state index in [1.54, 1.807) is 0 Å². The van der Waals surface area contributed by atoms with E-state index in [4.69, 9.17) is 5.73 Å². The van der Waals surface area contributed by atoms with Crippen LogP contribution in [0.3, 0.4) is 0 Å². The summed E-state index contributed by atoms with van der Waals surface area (Å²) in [4.78, 5) is 2.38. The second kappa shape index (κ2) is 7.90. The summed E-state index contributed by atoms with van der Waals surface area (Å²) in [5, 5.41) is 0. The van der Waals surface area contributed by atoms with E-state index in [0.29, 0.717) is 6.04 Å². The van der Waals surface area contributed by atoms with Crippen molar-refractivity contribution in [1.82, 2.24) is 4.90 Å². The molecule has 2 N–H and O–H groups in total. The van der Waals surface area contributed by atoms with Crippen molar-refractivity contribution in [3.8, 4) is 0 Å². The van der Waals surface area contributed by atoms with E-state index in [-0.39, 0.29) is 0 Å². The Bertz CT molecular complexity index is 98.5. The molecule has 0 aliphatic carbocycles. The molecule has 12 heavy (non-hydrogen) atoms. The molecule has 0 aromatic heterocycles. The summed E-state index contributed by atoms with van der Waals surface area (Å²) >= 11 is 1.89. The lowest BCUT2D eigenvalue weighted by molar-refractivity contribution is 0.247. The molecule has 0 aromatic carbocycles. The number of nitrogens with two attached hydrogens (primary N) is 1. The zero-order valence-electron chi connectivity index (χ0n) is 8.55. The van der Waals surface area contributed by atoms with Crippen molar-refractivity contribution in [2.24, 2.45) is 5.73 Å². The third-order valence-corrected chi connectivity index (χ3v) is 2.76. The van der Waals surface area contributed by atoms with Crippen LogP contribution < -0.4 is 5.73 Å². The van der Waals surface area contributed by atoms with Gasteiger partial charge in [0.25, 0.3) is 0 Å². The first-order chi connectivity index (χ1) is 5.76. The van der Waals surface area contributed by atoms with Crippen LogP contribution in [-0.2, 0) is 0 Å². The predicted molar refractivity (Wildman–Crippen MR) is 58.8 cm³/mol. The molecule has 0 aliphatic heterocycles. The number of hydrogen-bond donors (Lipinski definition) is 1. The van der Waals surface area contributed by atoms with Crippen LogP contribution in [0.1, 0.15) is 19.8 Å². The molecule has 2 nitrogen and oxygen atoms in total. The summed E-state index contributed by atoms with van der Waals surface area (Å²) < 4.78 is 0. The first-order valence-corrected chi connectivity index (χ1v) is 6.04. The molecule has 0 radical (unpaired) electrons. The minimum atomic E-state index is 0.585. The normalized spacial score (nSPS) is 13.8. The van der Waals surface area contributed by atoms with Gasteiger partial charge in [0.2, 0.25) is 0 Å². The maximum Gasteiger partial charge on any atom is 0.0215 e. The van der Waals surface area contributed by atoms with E-state index < -0.39 is 0 Å². The van der Waals surface area contributed by atoms with Crippen LogP contribution in [0.25, 0.3) is 0 Å². The molecule has 0 rings (SSSR count). The molecule has 74 valence electrons. The van der Waals surface area contributed by atoms with Crippen LogP contribution in [0.15, 0.2) is 0 Å². The fraction of sp³-hybridized carbons (Fsp3) is 1.00. The Hall–Kier alpha value is 0.270. The third-order valence-electron chi connectivity index (χ3n) is 2.17. The monoisotopic (exact) mass is 190 g/mol. The molecule has 0 saturated heterocycles. The quantitative estimate of drug-likeness (QED) is 0.658. The Morgan fingerprint density at radius 2 is 2.17 bits per heavy atom. The zero-order valence-corrected chi connectivity index (χ0v) is 9.36. The van der Waals surface area contributed by atoms with E-state index >= 15 is 0 Å². The topological polar surface area (TPSA) is 29.3 Å². The van der Waals surface area contributed by atoms with Crippen molar-refractivity contribution in [2.75, 3.05) is 32.1 Å². The summed E-state index contributed by atoms with van der Waals surface area (Å²) in [6.07, 6.45) is 4.60. The van der Waals surface area contributed by atoms with Crippen LogP contribution >= 0.6 is 11.8 Å². The maximum atomic E-state index is 5.68. The van der Waals surface area contributed by atoms with Gasteiger partial charge in [-0.15, -0.1) is 0 Å². The van der Waals surface area contributed by atoms with E-state index in [9.17, 15) is 0 Å². The van der Waals surface area contributed by atoms with Gasteiger partial charge < -0.3 is 10.6 Å². The van der Waals surface area contributed by atoms with E-state index in [2.05, 4.69) is 25.1 Å². The van der Waals surface area contributed by atoms with E-state index in [0.717, 1.165) is 13.1 Å². The average molecular weight is 190 g/mol. The lowest BCUT2D eigenvalue weighted by Crippen LogP contribution is -2.38. The first kappa shape index (κ1) is 12.3. The Kier molecular flexibility index (Phi) is 8.07. The van der Waals surface area contributed by atoms with Crippen LogP contribution in [0.4, 0.5) is 0 Å². The van der Waals surface area contributed by atoms with Gasteiger partial charge in [-0.05, 0) is 19.7 Å². The molecule has 0 spiro atoms. The van der Waals surface area contributed by atoms with Crippen molar-refractivity contribution >= 4 is 11.8 Å². The lowest BCUT2D eigenvalue weighted by atomic mass is 10.1. The fourth-order valence-electron chi connectivity index (χ4n) is 1.27. The lowest BCUT2D eigenvalue weighted by Gasteiger charge is -2.26. The molecule has 0 bridgehead atoms. The molecule has 3 heteroatoms. The minimum absolute atomic E-state index is 0.585. The van der Waals surface area contributed by atoms with E-state index in [1.807, 2.05) is 11.8 Å². The standard InChI is InChI=1S/C9H22N2S/c1-4-5-9(8-10)11(2)6-7-12-3/h9H,4-8,10H2,1-3H3. The molecule has 0 heterocycles. The highest BCUT2D eigenvalue weighted by Crippen LogP contribution is 2.04. The summed E-state index contributed by atoms with van der Waals surface area (Å²) in [6, 6.07) is 0.585. The van der Waals surface area contributed by atoms with Gasteiger partial charge in [0, 0.05) is 24.9 Å². The highest BCUT2D eigenvalue weighted by Gasteiger charge is 2.10. The number of nitrogens with zero attached hydrogens (tertiary/aromatic N) is 1. The summed E-state index contributed by atoms with van der Waals surface area (Å²) in [6.45, 7) is 4.16. The average Bonchev–Trinajstić information content (AvgIpc) is 2.10. The molecule has 0 saturated carbocycles. The molecule has 0 aromatic rings. The largest absolute Gasteiger partial charge is 0.329 e. The van der Waals surface area contributed by atoms with Gasteiger partial charge in [0.15, 0.2) is 0 Å². The molecular formula is C9H22N2S. The molecule has 0 amide bonds. The van der Waals surface area contributed by atoms with E-state index in [1.165, 1.54) is 18.6 Å². The van der Waals surface area contributed by atoms with Crippen LogP contribution in [0, 0.1) is 0 Å². The van der Waals surface area contributed by atoms with Crippen LogP contribution in [0.5, 0.6) is 0 Å². The highest BCUT2D eigenvalue weighted by atomic mass is 32.2. The Morgan fingerprint density at radius 3 is 2.58 bits per heavy atom. The Morgan fingerprint density at radius 1 is 1.50 bits per heavy atom. The maximum absolute atomic E-state index is 5.68. The predicted octanol–water partition coefficient (Wildman–Crippen LogP) is 1.41. The second-order valence-electron chi connectivity index (χ2n) is 3.15. The number of hydrogen-bond acceptors (Lipinski definition) is 3. The van der Waals surface area contributed by atoms with Crippen molar-refractivity contribution in [3.63, 3.8) is 0 Å². The summed E-state index contributed by atoms with van der Waals surface area (Å²) in [5.74, 6) is 1.21. The Labute approximate surface area is 80.9 Å². The highest BCUT2D eigenvalue weighted by molar-refractivity contribution is 7.98. The van der Waals surface area contributed by atoms with Gasteiger partial charge in [0.05, 0.1) is 0 Å². The molecule has 1 unspecified atom stereocenters. The van der Waals surface area contributed by atoms with Gasteiger partial charge in [-0.2, -0.15) is 11.8 Å². The van der Waals surface area contributed by atoms with Gasteiger partial charge >= 0.3 is 0 Å². The summed E-state index contributed by atoms with van der Waals surface area (Å²) in [7, 11) is 2.17. The molecule has 0 aliphatic rings. The van der Waals surface area contributed by atoms with Crippen LogP contribution in [0.2, 0.25) is 0 Å². The molecular weight excluding hydrogens is 168 g/mol. The Balaban J connectivity index is 3.60. The van der Waals surface area contributed by atoms with Gasteiger partial charge in [-0.25, -0.2) is 0 Å². The minimum Gasteiger partial charge on any atom is -0.329 e. The third kappa shape index (κ3) is 5.01. The van der Waals surface area contributed by atoms with Crippen molar-refractivity contribution < 1.29 is 0 Å². The van der Waals surface area contributed by atoms with Gasteiger partial charge in [-0.1, -0.05) is 13.3 Å². The zero-order chi connectivity index (χ0) is 9.40. The van der Waals surface area contributed by atoms with Crippen LogP contribution in [-0.4, -0.2) is 43.1 Å². The smallest absolute Gasteiger partial charge is 0.0215 e. The van der Waals surface area contributed by atoms with Crippen molar-refractivity contribution in [1.29, 1.82) is 0 Å². The van der Waals surface area contributed by atoms with Gasteiger partial charge in [-0.3, -0.25) is 0 Å². The molecule has 0 fully saturated rings. The number of thioether (sulfide) groups is 1. The second-order valence-corrected chi connectivity index (χ2v) is 4.14. The van der Waals surface area contributed by atoms with Crippen molar-refractivity contribution in [2.45, 2.75) is 25.8 Å². The fourth-order valence-corrected chi connectivity index (χ4v) is 1.74. The number of likely N-dealkylation sites (N-methyl/N-ethyl adjacent to an activating group) is 1. The van der Waals surface area contributed by atoms with Crippen molar-refractivity contribution in [3.05, 3.63) is 0 Å². The molecule has 1 atom stereocenters. The number of rotatable bonds is 7. The SMILES string of the molecule is CCCC(CN)N(C)CCSC.